The van der Waals surface area contributed by atoms with E-state index in [9.17, 15) is 4.79 Å². The Kier molecular flexibility index (Phi) is 3.47. The number of para-hydroxylation sites is 4. The van der Waals surface area contributed by atoms with Crippen LogP contribution in [-0.4, -0.2) is 14.1 Å². The Morgan fingerprint density at radius 3 is 2.35 bits per heavy atom. The molecule has 5 heteroatoms. The second-order valence-corrected chi connectivity index (χ2v) is 7.10. The molecule has 2 heterocycles. The van der Waals surface area contributed by atoms with E-state index in [1.54, 1.807) is 4.57 Å². The van der Waals surface area contributed by atoms with E-state index in [1.165, 1.54) is 11.3 Å². The first-order chi connectivity index (χ1) is 12.8. The van der Waals surface area contributed by atoms with Gasteiger partial charge in [-0.2, -0.15) is 0 Å². The van der Waals surface area contributed by atoms with Crippen LogP contribution in [0.1, 0.15) is 5.82 Å². The van der Waals surface area contributed by atoms with Gasteiger partial charge in [-0.25, -0.2) is 4.98 Å². The molecule has 0 aliphatic rings. The number of hydrogen-bond donors (Lipinski definition) is 0. The van der Waals surface area contributed by atoms with Gasteiger partial charge in [-0.1, -0.05) is 53.8 Å². The zero-order chi connectivity index (χ0) is 17.5. The molecule has 0 bridgehead atoms. The molecule has 4 nitrogen and oxygen atoms in total. The summed E-state index contributed by atoms with van der Waals surface area (Å²) in [6, 6.07) is 26.1. The molecule has 0 spiro atoms. The highest BCUT2D eigenvalue weighted by Crippen LogP contribution is 2.23. The van der Waals surface area contributed by atoms with Crippen LogP contribution in [0.5, 0.6) is 0 Å². The fraction of sp³-hybridized carbons (Fsp3) is 0.0476. The minimum absolute atomic E-state index is 0.0397. The van der Waals surface area contributed by atoms with Crippen LogP contribution in [0.4, 0.5) is 0 Å². The summed E-state index contributed by atoms with van der Waals surface area (Å²) in [5, 5.41) is 0. The summed E-state index contributed by atoms with van der Waals surface area (Å²) in [5.41, 5.74) is 3.97. The fourth-order valence-corrected chi connectivity index (χ4v) is 4.24. The normalized spacial score (nSPS) is 11.4. The third-order valence-corrected chi connectivity index (χ3v) is 5.48. The lowest BCUT2D eigenvalue weighted by atomic mass is 10.3. The standard InChI is InChI=1S/C21H15N3OS/c25-21-23(18-12-6-7-13-19(18)26-21)14-20-22-16-10-4-5-11-17(16)24(20)15-8-2-1-3-9-15/h1-13H,14H2. The molecule has 0 amide bonds. The first kappa shape index (κ1) is 15.1. The fourth-order valence-electron chi connectivity index (χ4n) is 3.35. The van der Waals surface area contributed by atoms with E-state index in [1.807, 2.05) is 60.7 Å². The number of hydrogen-bond acceptors (Lipinski definition) is 3. The summed E-state index contributed by atoms with van der Waals surface area (Å²) in [5.74, 6) is 0.850. The molecule has 5 aromatic rings. The van der Waals surface area contributed by atoms with Gasteiger partial charge in [0, 0.05) is 5.69 Å². The zero-order valence-corrected chi connectivity index (χ0v) is 14.7. The predicted octanol–water partition coefficient (Wildman–Crippen LogP) is 4.45. The molecule has 0 saturated carbocycles. The van der Waals surface area contributed by atoms with Crippen molar-refractivity contribution in [3.63, 3.8) is 0 Å². The van der Waals surface area contributed by atoms with Gasteiger partial charge in [0.15, 0.2) is 0 Å². The first-order valence-corrected chi connectivity index (χ1v) is 9.23. The van der Waals surface area contributed by atoms with Crippen LogP contribution < -0.4 is 4.87 Å². The average molecular weight is 357 g/mol. The van der Waals surface area contributed by atoms with E-state index in [2.05, 4.69) is 22.8 Å². The molecular formula is C21H15N3OS. The monoisotopic (exact) mass is 357 g/mol. The minimum Gasteiger partial charge on any atom is -0.295 e. The molecular weight excluding hydrogens is 342 g/mol. The van der Waals surface area contributed by atoms with Crippen molar-refractivity contribution >= 4 is 32.6 Å². The number of fused-ring (bicyclic) bond motifs is 2. The Balaban J connectivity index is 1.74. The predicted molar refractivity (Wildman–Crippen MR) is 106 cm³/mol. The molecule has 0 fully saturated rings. The third-order valence-electron chi connectivity index (χ3n) is 4.52. The molecule has 0 atom stereocenters. The number of imidazole rings is 1. The largest absolute Gasteiger partial charge is 0.308 e. The maximum Gasteiger partial charge on any atom is 0.308 e. The highest BCUT2D eigenvalue weighted by atomic mass is 32.1. The van der Waals surface area contributed by atoms with Crippen LogP contribution >= 0.6 is 11.3 Å². The van der Waals surface area contributed by atoms with Gasteiger partial charge in [0.05, 0.1) is 27.8 Å². The van der Waals surface area contributed by atoms with E-state index >= 15 is 0 Å². The number of aromatic nitrogens is 3. The lowest BCUT2D eigenvalue weighted by molar-refractivity contribution is 0.746. The van der Waals surface area contributed by atoms with Crippen molar-refractivity contribution in [1.82, 2.24) is 14.1 Å². The Hall–Kier alpha value is -3.18. The van der Waals surface area contributed by atoms with Gasteiger partial charge in [0.2, 0.25) is 0 Å². The van der Waals surface area contributed by atoms with Gasteiger partial charge in [0.1, 0.15) is 5.82 Å². The lowest BCUT2D eigenvalue weighted by Gasteiger charge is -2.10. The highest BCUT2D eigenvalue weighted by molar-refractivity contribution is 7.16. The first-order valence-electron chi connectivity index (χ1n) is 8.41. The van der Waals surface area contributed by atoms with Gasteiger partial charge in [-0.3, -0.25) is 13.9 Å². The van der Waals surface area contributed by atoms with E-state index in [4.69, 9.17) is 4.98 Å². The molecule has 0 saturated heterocycles. The van der Waals surface area contributed by atoms with Crippen LogP contribution in [0.3, 0.4) is 0 Å². The molecule has 26 heavy (non-hydrogen) atoms. The van der Waals surface area contributed by atoms with Gasteiger partial charge in [-0.05, 0) is 36.4 Å². The summed E-state index contributed by atoms with van der Waals surface area (Å²) in [7, 11) is 0. The average Bonchev–Trinajstić information content (AvgIpc) is 3.20. The molecule has 5 rings (SSSR count). The van der Waals surface area contributed by atoms with E-state index < -0.39 is 0 Å². The van der Waals surface area contributed by atoms with Crippen molar-refractivity contribution in [2.45, 2.75) is 6.54 Å². The van der Waals surface area contributed by atoms with E-state index in [0.717, 1.165) is 32.8 Å². The SMILES string of the molecule is O=c1sc2ccccc2n1Cc1nc2ccccc2n1-c1ccccc1. The molecule has 3 aromatic carbocycles. The summed E-state index contributed by atoms with van der Waals surface area (Å²) in [4.78, 5) is 17.4. The summed E-state index contributed by atoms with van der Waals surface area (Å²) < 4.78 is 4.94. The quantitative estimate of drug-likeness (QED) is 0.479. The van der Waals surface area contributed by atoms with Crippen molar-refractivity contribution in [2.75, 3.05) is 0 Å². The van der Waals surface area contributed by atoms with Gasteiger partial charge >= 0.3 is 4.87 Å². The second kappa shape index (κ2) is 5.97. The smallest absolute Gasteiger partial charge is 0.295 e. The third kappa shape index (κ3) is 2.36. The summed E-state index contributed by atoms with van der Waals surface area (Å²) in [6.07, 6.45) is 0. The number of benzene rings is 3. The Labute approximate surface area is 153 Å². The lowest BCUT2D eigenvalue weighted by Crippen LogP contribution is -2.16. The van der Waals surface area contributed by atoms with E-state index in [0.29, 0.717) is 6.54 Å². The number of thiazole rings is 1. The topological polar surface area (TPSA) is 39.8 Å². The molecule has 0 radical (unpaired) electrons. The van der Waals surface area contributed by atoms with Gasteiger partial charge < -0.3 is 0 Å². The second-order valence-electron chi connectivity index (χ2n) is 6.11. The van der Waals surface area contributed by atoms with Crippen molar-refractivity contribution in [1.29, 1.82) is 0 Å². The van der Waals surface area contributed by atoms with Crippen molar-refractivity contribution in [3.8, 4) is 5.69 Å². The minimum atomic E-state index is 0.0397. The van der Waals surface area contributed by atoms with Crippen LogP contribution in [0, 0.1) is 0 Å². The van der Waals surface area contributed by atoms with Crippen LogP contribution in [0.25, 0.3) is 26.9 Å². The molecule has 0 N–H and O–H groups in total. The molecule has 2 aromatic heterocycles. The van der Waals surface area contributed by atoms with Crippen LogP contribution in [0.15, 0.2) is 83.7 Å². The van der Waals surface area contributed by atoms with Gasteiger partial charge in [0.25, 0.3) is 0 Å². The van der Waals surface area contributed by atoms with Crippen molar-refractivity contribution in [3.05, 3.63) is 94.4 Å². The maximum absolute atomic E-state index is 12.6. The number of nitrogens with zero attached hydrogens (tertiary/aromatic N) is 3. The van der Waals surface area contributed by atoms with Crippen LogP contribution in [0.2, 0.25) is 0 Å². The van der Waals surface area contributed by atoms with Crippen molar-refractivity contribution in [2.24, 2.45) is 0 Å². The number of rotatable bonds is 3. The summed E-state index contributed by atoms with van der Waals surface area (Å²) >= 11 is 1.28. The molecule has 126 valence electrons. The zero-order valence-electron chi connectivity index (χ0n) is 13.9. The highest BCUT2D eigenvalue weighted by Gasteiger charge is 2.15. The molecule has 0 aliphatic heterocycles. The van der Waals surface area contributed by atoms with Crippen LogP contribution in [-0.2, 0) is 6.54 Å². The maximum atomic E-state index is 12.6. The molecule has 0 aliphatic carbocycles. The Bertz CT molecular complexity index is 1280. The Morgan fingerprint density at radius 1 is 0.808 bits per heavy atom. The van der Waals surface area contributed by atoms with Gasteiger partial charge in [-0.15, -0.1) is 0 Å². The summed E-state index contributed by atoms with van der Waals surface area (Å²) in [6.45, 7) is 0.437. The van der Waals surface area contributed by atoms with Crippen molar-refractivity contribution < 1.29 is 0 Å². The van der Waals surface area contributed by atoms with E-state index in [-0.39, 0.29) is 4.87 Å². The molecule has 0 unspecified atom stereocenters. The Morgan fingerprint density at radius 2 is 1.50 bits per heavy atom.